The first-order chi connectivity index (χ1) is 53.3. The van der Waals surface area contributed by atoms with E-state index < -0.39 is 5.97 Å². The van der Waals surface area contributed by atoms with Gasteiger partial charge in [-0.2, -0.15) is 0 Å². The number of carbonyl (C=O) groups is 2. The van der Waals surface area contributed by atoms with Gasteiger partial charge in [0.25, 0.3) is 0 Å². The van der Waals surface area contributed by atoms with Crippen molar-refractivity contribution < 1.29 is 29.3 Å². The van der Waals surface area contributed by atoms with E-state index in [0.717, 1.165) is 52.0 Å². The van der Waals surface area contributed by atoms with Gasteiger partial charge >= 0.3 is 36.7 Å². The summed E-state index contributed by atoms with van der Waals surface area (Å²) in [6.07, 6.45) is 19.5. The van der Waals surface area contributed by atoms with Crippen LogP contribution in [-0.2, 0) is 89.0 Å². The predicted octanol–water partition coefficient (Wildman–Crippen LogP) is 28.7. The maximum atomic E-state index is 11.8. The molecule has 7 heterocycles. The van der Waals surface area contributed by atoms with Crippen molar-refractivity contribution >= 4 is 144 Å². The van der Waals surface area contributed by atoms with Crippen molar-refractivity contribution in [3.05, 3.63) is 204 Å². The van der Waals surface area contributed by atoms with Crippen molar-refractivity contribution in [2.45, 2.75) is 318 Å². The van der Waals surface area contributed by atoms with Gasteiger partial charge in [-0.3, -0.25) is 9.59 Å². The summed E-state index contributed by atoms with van der Waals surface area (Å²) in [5, 5.41) is 22.8. The molecule has 22 heteroatoms. The topological polar surface area (TPSA) is 141 Å². The Bertz CT molecular complexity index is 4320. The third kappa shape index (κ3) is 28.9. The number of hydrogen-bond acceptors (Lipinski definition) is 14. The van der Waals surface area contributed by atoms with E-state index in [1.807, 2.05) is 133 Å². The number of alkyl halides is 4. The number of halogens is 4. The molecule has 2 atom stereocenters. The number of nitrogens with zero attached hydrogens (tertiary/aromatic N) is 5. The van der Waals surface area contributed by atoms with Crippen molar-refractivity contribution in [2.24, 2.45) is 18.4 Å². The molecule has 4 aliphatic carbocycles. The van der Waals surface area contributed by atoms with Crippen LogP contribution in [0.5, 0.6) is 11.5 Å². The molecule has 4 aliphatic rings. The minimum atomic E-state index is -0.842. The number of benzene rings is 2. The Morgan fingerprint density at radius 1 is 0.557 bits per heavy atom. The van der Waals surface area contributed by atoms with Crippen LogP contribution in [0, 0.1) is 13.8 Å². The molecular weight excluding hydrogens is 1720 g/mol. The summed E-state index contributed by atoms with van der Waals surface area (Å²) in [5.41, 5.74) is 10.9. The molecule has 9 aromatic rings. The first kappa shape index (κ1) is 99.5. The number of rotatable bonds is 17. The Hall–Kier alpha value is -4.35. The Balaban J connectivity index is 0.000000218. The average molecular weight is 1850 g/mol. The summed E-state index contributed by atoms with van der Waals surface area (Å²) in [4.78, 5) is 45.1. The summed E-state index contributed by atoms with van der Waals surface area (Å²) in [6, 6.07) is 28.3. The molecule has 0 fully saturated rings. The molecule has 0 aliphatic heterocycles. The number of aromatic hydroxyl groups is 1. The van der Waals surface area contributed by atoms with Crippen LogP contribution in [0.4, 0.5) is 0 Å². The molecule has 0 unspecified atom stereocenters. The van der Waals surface area contributed by atoms with E-state index in [1.165, 1.54) is 86.2 Å². The molecular formula is C93H131BBr2Cl2N5O6S6. The minimum absolute atomic E-state index is 0.00260. The first-order valence-electron chi connectivity index (χ1n) is 40.2. The Morgan fingerprint density at radius 2 is 0.904 bits per heavy atom. The zero-order chi connectivity index (χ0) is 86.3. The molecule has 0 saturated heterocycles. The maximum absolute atomic E-state index is 11.8. The standard InChI is InChI=1S/C26H32N2O3S.C15H18N2O3.2C13H19BrS.C13H20S.C8H16Cl2.C5H6S.BHNS/c1-25(2)10-11-26(3,4)23-21(25)14-19(32-23)16-31-18-8-6-17(7-9-18)20(15-22(29)30)24-27-12-13-28(24)5;1-3-20-14(19)10-13(15-16-8-9-17(15)2)11-4-6-12(18)7-5-11;2*1-12(2)5-6-13(3,4)11-10(12)7-9(8-14)15-11;1-9-8-10-11(14-9)13(4,5)7-6-12(10,2)3;1-7(2,9)5-6-8(3,4)10;1-5-3-2-4-6-5;1-2-3/h6-9,12-14,20H,10-11,15-16H2,1-5H3,(H,29,30);4-9,13,18H,3,10H2,1-2H3;2*7H,5-6,8H2,1-4H3;8H,6-7H2,1-5H3;5-6H2,1-4H3;2-4H,1H3;3H/t20-;13-;;;;;;/m00....../s1. The molecule has 1 radical (unpaired) electrons. The van der Waals surface area contributed by atoms with Crippen LogP contribution in [0.1, 0.15) is 323 Å². The summed E-state index contributed by atoms with van der Waals surface area (Å²) in [6.45, 7) is 53.0. The number of carboxylic acid groups (broad SMARTS) is 1. The zero-order valence-electron chi connectivity index (χ0n) is 73.3. The van der Waals surface area contributed by atoms with E-state index in [1.54, 1.807) is 86.2 Å². The normalized spacial score (nSPS) is 17.4. The van der Waals surface area contributed by atoms with Crippen LogP contribution in [0.2, 0.25) is 0 Å². The zero-order valence-corrected chi connectivity index (χ0v) is 82.9. The van der Waals surface area contributed by atoms with Gasteiger partial charge < -0.3 is 28.8 Å². The number of aromatic nitrogens is 4. The van der Waals surface area contributed by atoms with Crippen molar-refractivity contribution in [3.63, 3.8) is 0 Å². The van der Waals surface area contributed by atoms with E-state index >= 15 is 0 Å². The van der Waals surface area contributed by atoms with Crippen LogP contribution in [-0.4, -0.2) is 65.2 Å². The van der Waals surface area contributed by atoms with Gasteiger partial charge in [0.2, 0.25) is 0 Å². The molecule has 2 aromatic carbocycles. The van der Waals surface area contributed by atoms with Crippen molar-refractivity contribution in [2.75, 3.05) is 6.61 Å². The summed E-state index contributed by atoms with van der Waals surface area (Å²) < 4.78 is 17.6. The summed E-state index contributed by atoms with van der Waals surface area (Å²) >= 11 is 31.9. The molecule has 7 aromatic heterocycles. The van der Waals surface area contributed by atoms with Gasteiger partial charge in [0.1, 0.15) is 29.8 Å². The monoisotopic (exact) mass is 1840 g/mol. The Labute approximate surface area is 744 Å². The Morgan fingerprint density at radius 3 is 1.21 bits per heavy atom. The van der Waals surface area contributed by atoms with E-state index in [-0.39, 0.29) is 57.0 Å². The molecule has 0 amide bonds. The molecule has 0 saturated carbocycles. The quantitative estimate of drug-likeness (QED) is 0.0354. The second-order valence-electron chi connectivity index (χ2n) is 37.5. The van der Waals surface area contributed by atoms with Gasteiger partial charge in [-0.1, -0.05) is 173 Å². The van der Waals surface area contributed by atoms with E-state index in [9.17, 15) is 19.8 Å². The van der Waals surface area contributed by atoms with E-state index in [4.69, 9.17) is 32.7 Å². The summed E-state index contributed by atoms with van der Waals surface area (Å²) in [5.74, 6) is 0.944. The van der Waals surface area contributed by atoms with Crippen LogP contribution >= 0.6 is 125 Å². The number of ether oxygens (including phenoxy) is 2. The van der Waals surface area contributed by atoms with Crippen molar-refractivity contribution in [1.82, 2.24) is 19.1 Å². The van der Waals surface area contributed by atoms with Crippen LogP contribution in [0.3, 0.4) is 0 Å². The number of phenols is 1. The SMILES string of the molecule is CC(C)(Cl)CCC(C)(C)Cl.CC1(C)CCC(C)(C)c2sc(CBr)cc21.CC1(C)CCC(C)(C)c2sc(CBr)cc21.CCOC(=O)C[C@@H](c1ccc(O)cc1)c1nccn1C.Cc1cc2c(s1)C(C)(C)CCC2(C)C.Cc1cccs1.Cn1ccnc1[C@@H](CC(=O)O)c1ccc(OCc2cc3c(s2)C(C)(C)CCC3(C)C)cc1.[B]=NS. The molecule has 0 spiro atoms. The molecule has 0 bridgehead atoms. The molecule has 11 nitrogen and oxygen atoms in total. The molecule has 13 rings (SSSR count). The third-order valence-electron chi connectivity index (χ3n) is 22.7. The molecule has 115 heavy (non-hydrogen) atoms. The number of carboxylic acids is 1. The number of aryl methyl sites for hydroxylation is 4. The molecule has 631 valence electrons. The van der Waals surface area contributed by atoms with Crippen LogP contribution in [0.25, 0.3) is 0 Å². The third-order valence-corrected chi connectivity index (χ3v) is 31.7. The first-order valence-corrected chi connectivity index (χ1v) is 47.7. The average Bonchev–Trinajstić information content (AvgIpc) is 1.66. The van der Waals surface area contributed by atoms with Gasteiger partial charge in [-0.25, -0.2) is 9.97 Å². The van der Waals surface area contributed by atoms with Crippen LogP contribution in [0.15, 0.2) is 119 Å². The molecule has 2 N–H and O–H groups in total. The van der Waals surface area contributed by atoms with Crippen molar-refractivity contribution in [3.8, 4) is 11.5 Å². The number of phenolic OH excluding ortho intramolecular Hbond substituents is 1. The van der Waals surface area contributed by atoms with Gasteiger partial charge in [-0.15, -0.1) is 79.9 Å². The number of carbonyl (C=O) groups excluding carboxylic acids is 1. The fraction of sp³-hybridized carbons (Fsp3) is 0.570. The van der Waals surface area contributed by atoms with Gasteiger partial charge in [0.15, 0.2) is 0 Å². The van der Waals surface area contributed by atoms with E-state index in [2.05, 4.69) is 233 Å². The number of thiol groups is 1. The number of esters is 1. The van der Waals surface area contributed by atoms with Gasteiger partial charge in [0, 0.05) is 103 Å². The number of fused-ring (bicyclic) bond motifs is 4. The van der Waals surface area contributed by atoms with E-state index in [0.29, 0.717) is 45.7 Å². The summed E-state index contributed by atoms with van der Waals surface area (Å²) in [7, 11) is 8.11. The predicted molar refractivity (Wildman–Crippen MR) is 506 cm³/mol. The number of thiophene rings is 5. The number of aliphatic carboxylic acids is 1. The fourth-order valence-corrected chi connectivity index (χ4v) is 21.9. The Kier molecular flexibility index (Phi) is 36.3. The second kappa shape index (κ2) is 42.0. The van der Waals surface area contributed by atoms with Crippen LogP contribution < -0.4 is 4.74 Å². The fourth-order valence-electron chi connectivity index (χ4n) is 14.9. The van der Waals surface area contributed by atoms with Gasteiger partial charge in [-0.05, 0) is 249 Å². The van der Waals surface area contributed by atoms with Gasteiger partial charge in [0.05, 0.1) is 31.3 Å². The van der Waals surface area contributed by atoms with Crippen molar-refractivity contribution in [1.29, 1.82) is 0 Å². The second-order valence-corrected chi connectivity index (χ2v) is 46.8. The number of imidazole rings is 2. The number of hydrogen-bond donors (Lipinski definition) is 3.